The molecular weight excluding hydrogens is 495 g/mol. The van der Waals surface area contributed by atoms with Crippen molar-refractivity contribution >= 4 is 41.2 Å². The second kappa shape index (κ2) is 9.94. The van der Waals surface area contributed by atoms with Crippen LogP contribution in [0.15, 0.2) is 41.6 Å². The summed E-state index contributed by atoms with van der Waals surface area (Å²) in [4.78, 5) is 32.6. The van der Waals surface area contributed by atoms with Crippen molar-refractivity contribution in [2.75, 3.05) is 18.5 Å². The van der Waals surface area contributed by atoms with Gasteiger partial charge in [-0.25, -0.2) is 19.3 Å². The van der Waals surface area contributed by atoms with Gasteiger partial charge >= 0.3 is 0 Å². The first kappa shape index (κ1) is 24.9. The van der Waals surface area contributed by atoms with Gasteiger partial charge in [-0.1, -0.05) is 6.07 Å². The number of hydrogen-bond acceptors (Lipinski definition) is 7. The zero-order valence-corrected chi connectivity index (χ0v) is 21.4. The molecular formula is C25H27FN8O2S. The van der Waals surface area contributed by atoms with Crippen LogP contribution in [0.3, 0.4) is 0 Å². The third kappa shape index (κ3) is 4.46. The van der Waals surface area contributed by atoms with E-state index in [2.05, 4.69) is 35.3 Å². The SMILES string of the molecule is C[C@H](Nc1c(-c2nc3c(F)c(C4CCOCC4)ccc3[nH]2)c(=O)[nH]c2cn(C)nc12)c1ncccn1.S. The van der Waals surface area contributed by atoms with Crippen LogP contribution in [0.5, 0.6) is 0 Å². The lowest BCUT2D eigenvalue weighted by molar-refractivity contribution is 0.0847. The molecule has 1 saturated heterocycles. The summed E-state index contributed by atoms with van der Waals surface area (Å²) in [5.74, 6) is 0.536. The molecule has 3 N–H and O–H groups in total. The summed E-state index contributed by atoms with van der Waals surface area (Å²) < 4.78 is 22.7. The summed E-state index contributed by atoms with van der Waals surface area (Å²) in [6.45, 7) is 3.13. The number of halogens is 1. The Labute approximate surface area is 218 Å². The van der Waals surface area contributed by atoms with E-state index in [1.165, 1.54) is 0 Å². The maximum atomic E-state index is 15.6. The molecule has 0 unspecified atom stereocenters. The molecule has 192 valence electrons. The van der Waals surface area contributed by atoms with Crippen molar-refractivity contribution in [1.29, 1.82) is 0 Å². The predicted octanol–water partition coefficient (Wildman–Crippen LogP) is 3.91. The van der Waals surface area contributed by atoms with Crippen molar-refractivity contribution < 1.29 is 9.13 Å². The lowest BCUT2D eigenvalue weighted by Crippen LogP contribution is -2.17. The van der Waals surface area contributed by atoms with Crippen LogP contribution in [0.4, 0.5) is 10.1 Å². The van der Waals surface area contributed by atoms with Crippen molar-refractivity contribution in [2.24, 2.45) is 7.05 Å². The third-order valence-electron chi connectivity index (χ3n) is 6.65. The molecule has 0 radical (unpaired) electrons. The molecule has 37 heavy (non-hydrogen) atoms. The first-order valence-corrected chi connectivity index (χ1v) is 11.9. The summed E-state index contributed by atoms with van der Waals surface area (Å²) in [7, 11) is 1.78. The van der Waals surface area contributed by atoms with Crippen LogP contribution in [-0.2, 0) is 11.8 Å². The Bertz CT molecular complexity index is 1630. The minimum atomic E-state index is -0.372. The Morgan fingerprint density at radius 3 is 2.65 bits per heavy atom. The largest absolute Gasteiger partial charge is 0.381 e. The van der Waals surface area contributed by atoms with E-state index in [1.54, 1.807) is 42.5 Å². The monoisotopic (exact) mass is 522 g/mol. The fourth-order valence-corrected chi connectivity index (χ4v) is 4.86. The molecule has 1 aliphatic heterocycles. The molecule has 0 amide bonds. The van der Waals surface area contributed by atoms with E-state index in [0.717, 1.165) is 12.8 Å². The molecule has 12 heteroatoms. The average molecular weight is 523 g/mol. The van der Waals surface area contributed by atoms with Gasteiger partial charge < -0.3 is 20.0 Å². The Morgan fingerprint density at radius 1 is 1.14 bits per heavy atom. The Kier molecular flexibility index (Phi) is 6.69. The number of anilines is 1. The smallest absolute Gasteiger partial charge is 0.261 e. The Morgan fingerprint density at radius 2 is 1.89 bits per heavy atom. The van der Waals surface area contributed by atoms with E-state index in [0.29, 0.717) is 46.8 Å². The first-order chi connectivity index (χ1) is 17.5. The number of nitrogens with one attached hydrogen (secondary N) is 3. The third-order valence-corrected chi connectivity index (χ3v) is 6.65. The normalized spacial score (nSPS) is 15.1. The number of aromatic amines is 2. The second-order valence-electron chi connectivity index (χ2n) is 9.08. The summed E-state index contributed by atoms with van der Waals surface area (Å²) in [6.07, 6.45) is 6.58. The van der Waals surface area contributed by atoms with Gasteiger partial charge in [0.15, 0.2) is 5.82 Å². The highest BCUT2D eigenvalue weighted by Crippen LogP contribution is 2.35. The van der Waals surface area contributed by atoms with Crippen LogP contribution >= 0.6 is 13.5 Å². The summed E-state index contributed by atoms with van der Waals surface area (Å²) in [5, 5.41) is 7.91. The fraction of sp³-hybridized carbons (Fsp3) is 0.320. The van der Waals surface area contributed by atoms with Crippen LogP contribution in [0.1, 0.15) is 43.1 Å². The number of imidazole rings is 1. The van der Waals surface area contributed by atoms with Gasteiger partial charge in [0.2, 0.25) is 0 Å². The van der Waals surface area contributed by atoms with Gasteiger partial charge in [-0.2, -0.15) is 18.6 Å². The molecule has 0 saturated carbocycles. The summed E-state index contributed by atoms with van der Waals surface area (Å²) >= 11 is 0. The van der Waals surface area contributed by atoms with Crippen molar-refractivity contribution in [3.63, 3.8) is 0 Å². The number of pyridine rings is 1. The number of benzene rings is 1. The first-order valence-electron chi connectivity index (χ1n) is 11.9. The maximum absolute atomic E-state index is 15.6. The van der Waals surface area contributed by atoms with Gasteiger partial charge in [-0.15, -0.1) is 0 Å². The highest BCUT2D eigenvalue weighted by molar-refractivity contribution is 7.59. The average Bonchev–Trinajstić information content (AvgIpc) is 3.48. The fourth-order valence-electron chi connectivity index (χ4n) is 4.86. The number of nitrogens with zero attached hydrogens (tertiary/aromatic N) is 5. The van der Waals surface area contributed by atoms with E-state index < -0.39 is 0 Å². The minimum absolute atomic E-state index is 0. The van der Waals surface area contributed by atoms with Crippen LogP contribution in [0.2, 0.25) is 0 Å². The molecule has 5 heterocycles. The molecule has 5 aromatic rings. The van der Waals surface area contributed by atoms with E-state index >= 15 is 4.39 Å². The van der Waals surface area contributed by atoms with Gasteiger partial charge in [0.05, 0.1) is 22.8 Å². The summed E-state index contributed by atoms with van der Waals surface area (Å²) in [6, 6.07) is 5.03. The van der Waals surface area contributed by atoms with E-state index in [9.17, 15) is 4.79 Å². The molecule has 0 bridgehead atoms. The van der Waals surface area contributed by atoms with Gasteiger partial charge in [-0.3, -0.25) is 9.48 Å². The van der Waals surface area contributed by atoms with Gasteiger partial charge in [0.25, 0.3) is 5.56 Å². The van der Waals surface area contributed by atoms with E-state index in [1.807, 2.05) is 13.0 Å². The van der Waals surface area contributed by atoms with E-state index in [-0.39, 0.29) is 53.7 Å². The molecule has 10 nitrogen and oxygen atoms in total. The molecule has 4 aromatic heterocycles. The van der Waals surface area contributed by atoms with Crippen LogP contribution in [0.25, 0.3) is 33.5 Å². The molecule has 1 aliphatic rings. The van der Waals surface area contributed by atoms with Gasteiger partial charge in [0, 0.05) is 38.9 Å². The van der Waals surface area contributed by atoms with Crippen LogP contribution < -0.4 is 10.9 Å². The van der Waals surface area contributed by atoms with Gasteiger partial charge in [0.1, 0.15) is 28.2 Å². The van der Waals surface area contributed by atoms with Crippen molar-refractivity contribution in [1.82, 2.24) is 34.7 Å². The molecule has 0 spiro atoms. The zero-order valence-electron chi connectivity index (χ0n) is 20.4. The molecule has 1 fully saturated rings. The number of rotatable bonds is 5. The number of aryl methyl sites for hydroxylation is 1. The number of fused-ring (bicyclic) bond motifs is 2. The highest BCUT2D eigenvalue weighted by atomic mass is 32.1. The summed E-state index contributed by atoms with van der Waals surface area (Å²) in [5.41, 5.74) is 2.82. The molecule has 0 aliphatic carbocycles. The zero-order chi connectivity index (χ0) is 24.8. The second-order valence-corrected chi connectivity index (χ2v) is 9.08. The maximum Gasteiger partial charge on any atom is 0.261 e. The van der Waals surface area contributed by atoms with Crippen molar-refractivity contribution in [3.8, 4) is 11.4 Å². The number of hydrogen-bond donors (Lipinski definition) is 3. The number of H-pyrrole nitrogens is 2. The molecule has 1 atom stereocenters. The number of aromatic nitrogens is 7. The van der Waals surface area contributed by atoms with Crippen molar-refractivity contribution in [3.05, 3.63) is 64.3 Å². The van der Waals surface area contributed by atoms with Gasteiger partial charge in [-0.05, 0) is 43.4 Å². The Balaban J connectivity index is 0.00000280. The number of ether oxygens (including phenoxy) is 1. The van der Waals surface area contributed by atoms with Crippen LogP contribution in [0, 0.1) is 5.82 Å². The molecule has 6 rings (SSSR count). The van der Waals surface area contributed by atoms with Crippen LogP contribution in [-0.4, -0.2) is 47.9 Å². The molecule has 1 aromatic carbocycles. The lowest BCUT2D eigenvalue weighted by Gasteiger charge is -2.22. The quantitative estimate of drug-likeness (QED) is 0.319. The Hall–Kier alpha value is -3.77. The predicted molar refractivity (Wildman–Crippen MR) is 144 cm³/mol. The lowest BCUT2D eigenvalue weighted by atomic mass is 9.91. The minimum Gasteiger partial charge on any atom is -0.381 e. The standard InChI is InChI=1S/C25H25FN8O2.H2S/c1-13(23-27-8-3-9-28-23)29-22-18(25(35)31-17-12-34(2)33-21(17)22)24-30-16-5-4-15(19(26)20(16)32-24)14-6-10-36-11-7-14;/h3-5,8-9,12-14,29H,6-7,10-11H2,1-2H3,(H,30,32)(H,31,35);1H2/t13-;/m0./s1. The highest BCUT2D eigenvalue weighted by Gasteiger charge is 2.25. The van der Waals surface area contributed by atoms with Crippen molar-refractivity contribution in [2.45, 2.75) is 31.7 Å². The van der Waals surface area contributed by atoms with E-state index in [4.69, 9.17) is 4.74 Å². The topological polar surface area (TPSA) is 126 Å².